The van der Waals surface area contributed by atoms with Crippen molar-refractivity contribution >= 4 is 0 Å². The fourth-order valence-corrected chi connectivity index (χ4v) is 6.53. The van der Waals surface area contributed by atoms with E-state index < -0.39 is 77.0 Å². The van der Waals surface area contributed by atoms with Crippen molar-refractivity contribution < 1.29 is 68.0 Å². The molecule has 0 aromatic rings. The summed E-state index contributed by atoms with van der Waals surface area (Å²) in [7, 11) is 0. The predicted molar refractivity (Wildman–Crippen MR) is 110 cm³/mol. The molecule has 6 bridgehead atoms. The van der Waals surface area contributed by atoms with Crippen molar-refractivity contribution in [3.63, 3.8) is 0 Å². The van der Waals surface area contributed by atoms with E-state index in [1.54, 1.807) is 6.08 Å². The van der Waals surface area contributed by atoms with Gasteiger partial charge in [-0.2, -0.15) is 39.5 Å². The fraction of sp³-hybridized carbons (Fsp3) is 0.750. The van der Waals surface area contributed by atoms with Crippen LogP contribution in [-0.4, -0.2) is 62.7 Å². The summed E-state index contributed by atoms with van der Waals surface area (Å²) in [4.78, 5) is 0. The second-order valence-electron chi connectivity index (χ2n) is 10.9. The van der Waals surface area contributed by atoms with Crippen molar-refractivity contribution in [2.24, 2.45) is 35.5 Å². The number of alkyl halides is 12. The molecule has 222 valence electrons. The molecule has 3 fully saturated rings. The molecule has 0 aromatic carbocycles. The number of hydrogen-bond donors (Lipinski definition) is 3. The first-order valence-corrected chi connectivity index (χ1v) is 12.0. The van der Waals surface area contributed by atoms with E-state index in [9.17, 15) is 62.9 Å². The lowest BCUT2D eigenvalue weighted by molar-refractivity contribution is -0.335. The van der Waals surface area contributed by atoms with Crippen molar-refractivity contribution in [3.05, 3.63) is 36.5 Å². The maximum atomic E-state index is 13.2. The molecule has 3 N–H and O–H groups in total. The lowest BCUT2D eigenvalue weighted by Crippen LogP contribution is -2.61. The van der Waals surface area contributed by atoms with Crippen LogP contribution >= 0.6 is 0 Å². The van der Waals surface area contributed by atoms with Gasteiger partial charge in [-0.25, -0.2) is 13.2 Å². The zero-order valence-electron chi connectivity index (χ0n) is 19.7. The van der Waals surface area contributed by atoms with Gasteiger partial charge in [0.1, 0.15) is 6.17 Å². The summed E-state index contributed by atoms with van der Waals surface area (Å²) in [5.41, 5.74) is -9.46. The van der Waals surface area contributed by atoms with Crippen LogP contribution in [0.4, 0.5) is 52.7 Å². The highest BCUT2D eigenvalue weighted by atomic mass is 19.4. The Balaban J connectivity index is 0.000000136. The third-order valence-corrected chi connectivity index (χ3v) is 8.81. The summed E-state index contributed by atoms with van der Waals surface area (Å²) < 4.78 is 150. The van der Waals surface area contributed by atoms with Gasteiger partial charge in [-0.15, -0.1) is 0 Å². The Labute approximate surface area is 213 Å². The van der Waals surface area contributed by atoms with Gasteiger partial charge in [0.15, 0.2) is 11.2 Å². The SMILES string of the molecule is OC1(C(F)(F)F)C2C=CC(C2)C1(F)F.OC1(C(F)(F)F)C2C=CC(C2)C1F.OC1(C(F)(F)F)CC2C=CC1C2. The van der Waals surface area contributed by atoms with Crippen LogP contribution in [0.25, 0.3) is 0 Å². The second-order valence-corrected chi connectivity index (χ2v) is 10.9. The minimum absolute atomic E-state index is 0.0666. The smallest absolute Gasteiger partial charge is 0.380 e. The molecule has 39 heavy (non-hydrogen) atoms. The van der Waals surface area contributed by atoms with E-state index in [1.807, 2.05) is 0 Å². The first kappa shape index (κ1) is 30.2. The minimum atomic E-state index is -5.29. The van der Waals surface area contributed by atoms with Crippen LogP contribution in [0.1, 0.15) is 25.7 Å². The van der Waals surface area contributed by atoms with E-state index in [2.05, 4.69) is 0 Å². The van der Waals surface area contributed by atoms with Crippen LogP contribution in [0.3, 0.4) is 0 Å². The molecular weight excluding hydrogens is 564 g/mol. The zero-order chi connectivity index (χ0) is 29.6. The number of fused-ring (bicyclic) bond motifs is 6. The van der Waals surface area contributed by atoms with Crippen molar-refractivity contribution in [2.45, 2.75) is 73.1 Å². The van der Waals surface area contributed by atoms with Gasteiger partial charge in [-0.1, -0.05) is 36.5 Å². The van der Waals surface area contributed by atoms with Crippen molar-refractivity contribution in [3.8, 4) is 0 Å². The number of allylic oxidation sites excluding steroid dienone is 3. The molecule has 0 aliphatic heterocycles. The maximum absolute atomic E-state index is 13.2. The van der Waals surface area contributed by atoms with Crippen molar-refractivity contribution in [2.75, 3.05) is 0 Å². The molecule has 10 unspecified atom stereocenters. The van der Waals surface area contributed by atoms with Gasteiger partial charge in [0.25, 0.3) is 5.92 Å². The van der Waals surface area contributed by atoms with Gasteiger partial charge in [0.05, 0.1) is 0 Å². The van der Waals surface area contributed by atoms with Crippen LogP contribution in [0.5, 0.6) is 0 Å². The predicted octanol–water partition coefficient (Wildman–Crippen LogP) is 5.82. The average molecular weight is 588 g/mol. The summed E-state index contributed by atoms with van der Waals surface area (Å²) in [5, 5.41) is 27.7. The van der Waals surface area contributed by atoms with E-state index in [0.29, 0.717) is 6.42 Å². The Morgan fingerprint density at radius 2 is 1.13 bits per heavy atom. The van der Waals surface area contributed by atoms with E-state index in [-0.39, 0.29) is 25.2 Å². The van der Waals surface area contributed by atoms with Crippen LogP contribution in [-0.2, 0) is 0 Å². The molecule has 3 saturated carbocycles. The Morgan fingerprint density at radius 3 is 1.41 bits per heavy atom. The van der Waals surface area contributed by atoms with Gasteiger partial charge < -0.3 is 15.3 Å². The summed E-state index contributed by atoms with van der Waals surface area (Å²) in [6.45, 7) is 0. The summed E-state index contributed by atoms with van der Waals surface area (Å²) in [6, 6.07) is 0. The molecule has 0 spiro atoms. The molecule has 6 aliphatic rings. The lowest BCUT2D eigenvalue weighted by Gasteiger charge is -2.37. The molecule has 0 heterocycles. The molecule has 15 heteroatoms. The van der Waals surface area contributed by atoms with Gasteiger partial charge in [0, 0.05) is 29.6 Å². The van der Waals surface area contributed by atoms with Gasteiger partial charge in [0.2, 0.25) is 5.60 Å². The highest BCUT2D eigenvalue weighted by Crippen LogP contribution is 2.61. The first-order chi connectivity index (χ1) is 17.5. The van der Waals surface area contributed by atoms with E-state index in [0.717, 1.165) is 12.2 Å². The number of rotatable bonds is 0. The minimum Gasteiger partial charge on any atom is -0.380 e. The van der Waals surface area contributed by atoms with Gasteiger partial charge in [-0.05, 0) is 31.6 Å². The van der Waals surface area contributed by atoms with Crippen molar-refractivity contribution in [1.29, 1.82) is 0 Å². The molecule has 0 saturated heterocycles. The average Bonchev–Trinajstić information content (AvgIpc) is 3.61. The number of halogens is 12. The molecule has 0 aromatic heterocycles. The van der Waals surface area contributed by atoms with E-state index >= 15 is 0 Å². The fourth-order valence-electron chi connectivity index (χ4n) is 6.53. The Hall–Kier alpha value is -1.74. The van der Waals surface area contributed by atoms with Crippen LogP contribution in [0.15, 0.2) is 36.5 Å². The highest BCUT2D eigenvalue weighted by Gasteiger charge is 2.79. The molecule has 0 amide bonds. The third kappa shape index (κ3) is 4.23. The highest BCUT2D eigenvalue weighted by molar-refractivity contribution is 5.27. The summed E-state index contributed by atoms with van der Waals surface area (Å²) in [5.74, 6) is -9.75. The monoisotopic (exact) mass is 588 g/mol. The zero-order valence-corrected chi connectivity index (χ0v) is 19.7. The first-order valence-electron chi connectivity index (χ1n) is 12.0. The largest absolute Gasteiger partial charge is 0.423 e. The van der Waals surface area contributed by atoms with Crippen LogP contribution < -0.4 is 0 Å². The molecular formula is C24H24F12O3. The van der Waals surface area contributed by atoms with Crippen LogP contribution in [0, 0.1) is 35.5 Å². The Kier molecular flexibility index (Phi) is 6.88. The van der Waals surface area contributed by atoms with Gasteiger partial charge >= 0.3 is 18.5 Å². The Morgan fingerprint density at radius 1 is 0.590 bits per heavy atom. The normalized spacial score (nSPS) is 46.4. The summed E-state index contributed by atoms with van der Waals surface area (Å²) in [6.07, 6.45) is -8.82. The van der Waals surface area contributed by atoms with Crippen LogP contribution in [0.2, 0.25) is 0 Å². The maximum Gasteiger partial charge on any atom is 0.423 e. The lowest BCUT2D eigenvalue weighted by atomic mass is 9.84. The molecule has 0 radical (unpaired) electrons. The summed E-state index contributed by atoms with van der Waals surface area (Å²) >= 11 is 0. The quantitative estimate of drug-likeness (QED) is 0.247. The standard InChI is InChI=1S/C8H7F5O.C8H8F4O.C8H9F3O/c9-7(10)5-2-1-4(3-5)6(7,14)8(11,12)13;9-6-4-1-2-5(3-4)7(6,13)8(10,11)12;9-8(10,11)7(12)4-5-1-2-6(7)3-5/h1-2,4-5,14H,3H2;1-2,4-6,13H,3H2;1-2,5-6,12H,3-4H2. The topological polar surface area (TPSA) is 60.7 Å². The van der Waals surface area contributed by atoms with E-state index in [1.165, 1.54) is 18.2 Å². The van der Waals surface area contributed by atoms with E-state index in [4.69, 9.17) is 5.11 Å². The number of hydrogen-bond acceptors (Lipinski definition) is 3. The van der Waals surface area contributed by atoms with Gasteiger partial charge in [-0.3, -0.25) is 0 Å². The number of aliphatic hydroxyl groups is 3. The third-order valence-electron chi connectivity index (χ3n) is 8.81. The molecule has 6 rings (SSSR count). The molecule has 6 aliphatic carbocycles. The molecule has 3 nitrogen and oxygen atoms in total. The molecule has 10 atom stereocenters. The van der Waals surface area contributed by atoms with Crippen molar-refractivity contribution in [1.82, 2.24) is 0 Å². The Bertz CT molecular complexity index is 1050. The second kappa shape index (κ2) is 8.88.